The predicted octanol–water partition coefficient (Wildman–Crippen LogP) is 4.03. The summed E-state index contributed by atoms with van der Waals surface area (Å²) in [6, 6.07) is 9.93. The lowest BCUT2D eigenvalue weighted by Gasteiger charge is -2.33. The number of nitrogens with two attached hydrogens (primary N) is 1. The van der Waals surface area contributed by atoms with E-state index < -0.39 is 5.82 Å². The number of aliphatic imine (C=N–C) groups is 2. The van der Waals surface area contributed by atoms with Crippen LogP contribution in [0.2, 0.25) is 5.02 Å². The van der Waals surface area contributed by atoms with Crippen molar-refractivity contribution in [3.8, 4) is 5.75 Å². The second-order valence-corrected chi connectivity index (χ2v) is 8.90. The summed E-state index contributed by atoms with van der Waals surface area (Å²) in [6.07, 6.45) is 1.20. The SMILES string of the molecule is CN=C(N=CN)c1cc(C)nc2c(OCc3c(Cl)cc(F)cc3CN3C(=O)COCC3C)cccc12. The topological polar surface area (TPSA) is 102 Å². The van der Waals surface area contributed by atoms with E-state index in [0.717, 1.165) is 16.6 Å². The highest BCUT2D eigenvalue weighted by molar-refractivity contribution is 6.31. The summed E-state index contributed by atoms with van der Waals surface area (Å²) in [4.78, 5) is 27.2. The number of hydrogen-bond acceptors (Lipinski definition) is 5. The van der Waals surface area contributed by atoms with E-state index in [2.05, 4.69) is 15.0 Å². The zero-order valence-electron chi connectivity index (χ0n) is 20.3. The fraction of sp³-hybridized carbons (Fsp3) is 0.308. The summed E-state index contributed by atoms with van der Waals surface area (Å²) < 4.78 is 25.8. The summed E-state index contributed by atoms with van der Waals surface area (Å²) in [5, 5.41) is 1.02. The van der Waals surface area contributed by atoms with Crippen molar-refractivity contribution in [1.29, 1.82) is 0 Å². The van der Waals surface area contributed by atoms with Crippen LogP contribution in [0, 0.1) is 12.7 Å². The number of fused-ring (bicyclic) bond motifs is 1. The van der Waals surface area contributed by atoms with Crippen LogP contribution in [-0.2, 0) is 22.7 Å². The maximum Gasteiger partial charge on any atom is 0.249 e. The van der Waals surface area contributed by atoms with Crippen molar-refractivity contribution in [2.24, 2.45) is 15.7 Å². The Labute approximate surface area is 213 Å². The lowest BCUT2D eigenvalue weighted by molar-refractivity contribution is -0.148. The van der Waals surface area contributed by atoms with Crippen LogP contribution in [0.25, 0.3) is 10.9 Å². The normalized spacial score (nSPS) is 16.8. The average Bonchev–Trinajstić information content (AvgIpc) is 2.84. The number of para-hydroxylation sites is 1. The standard InChI is InChI=1S/C26H27ClFN5O3/c1-15-7-20(26(30-3)31-14-29)19-5-4-6-23(25(19)32-15)36-12-21-17(8-18(28)9-22(21)27)10-33-16(2)11-35-13-24(33)34/h4-9,14,16H,10-13H2,1-3H3,(H2,29,30,31). The highest BCUT2D eigenvalue weighted by atomic mass is 35.5. The number of amidine groups is 1. The molecule has 1 atom stereocenters. The van der Waals surface area contributed by atoms with E-state index in [9.17, 15) is 9.18 Å². The Morgan fingerprint density at radius 1 is 1.39 bits per heavy atom. The summed E-state index contributed by atoms with van der Waals surface area (Å²) in [6.45, 7) is 4.43. The highest BCUT2D eigenvalue weighted by Gasteiger charge is 2.27. The minimum Gasteiger partial charge on any atom is -0.487 e. The first-order chi connectivity index (χ1) is 17.3. The fourth-order valence-electron chi connectivity index (χ4n) is 4.24. The molecule has 1 amide bonds. The Kier molecular flexibility index (Phi) is 7.81. The van der Waals surface area contributed by atoms with E-state index in [1.807, 2.05) is 32.0 Å². The number of aryl methyl sites for hydroxylation is 1. The molecule has 1 aromatic heterocycles. The van der Waals surface area contributed by atoms with Gasteiger partial charge in [-0.3, -0.25) is 9.79 Å². The molecule has 3 aromatic rings. The molecule has 2 aromatic carbocycles. The molecule has 1 aliphatic rings. The Morgan fingerprint density at radius 2 is 2.19 bits per heavy atom. The summed E-state index contributed by atoms with van der Waals surface area (Å²) in [7, 11) is 1.64. The van der Waals surface area contributed by atoms with Crippen molar-refractivity contribution in [2.75, 3.05) is 20.3 Å². The molecule has 0 spiro atoms. The van der Waals surface area contributed by atoms with Gasteiger partial charge in [-0.15, -0.1) is 0 Å². The minimum atomic E-state index is -0.481. The van der Waals surface area contributed by atoms with Gasteiger partial charge >= 0.3 is 0 Å². The fourth-order valence-corrected chi connectivity index (χ4v) is 4.52. The van der Waals surface area contributed by atoms with Crippen LogP contribution in [0.5, 0.6) is 5.75 Å². The van der Waals surface area contributed by atoms with Crippen molar-refractivity contribution >= 4 is 40.6 Å². The molecule has 0 bridgehead atoms. The second-order valence-electron chi connectivity index (χ2n) is 8.49. The van der Waals surface area contributed by atoms with Gasteiger partial charge in [0, 0.05) is 35.8 Å². The molecule has 4 rings (SSSR count). The van der Waals surface area contributed by atoms with Crippen molar-refractivity contribution in [1.82, 2.24) is 9.88 Å². The van der Waals surface area contributed by atoms with Crippen LogP contribution >= 0.6 is 11.6 Å². The zero-order chi connectivity index (χ0) is 25.8. The maximum atomic E-state index is 14.3. The van der Waals surface area contributed by atoms with Crippen molar-refractivity contribution in [2.45, 2.75) is 33.0 Å². The first kappa shape index (κ1) is 25.5. The van der Waals surface area contributed by atoms with Gasteiger partial charge in [-0.2, -0.15) is 0 Å². The van der Waals surface area contributed by atoms with Gasteiger partial charge in [-0.05, 0) is 43.7 Å². The van der Waals surface area contributed by atoms with Crippen LogP contribution in [0.1, 0.15) is 29.3 Å². The van der Waals surface area contributed by atoms with Gasteiger partial charge in [0.1, 0.15) is 30.3 Å². The number of carbonyl (C=O) groups excluding carboxylic acids is 1. The molecular formula is C26H27ClFN5O3. The number of rotatable bonds is 6. The molecule has 8 nitrogen and oxygen atoms in total. The number of nitrogens with zero attached hydrogens (tertiary/aromatic N) is 4. The molecule has 36 heavy (non-hydrogen) atoms. The van der Waals surface area contributed by atoms with E-state index in [1.165, 1.54) is 18.5 Å². The average molecular weight is 512 g/mol. The number of amides is 1. The van der Waals surface area contributed by atoms with Gasteiger partial charge in [-0.1, -0.05) is 23.7 Å². The third-order valence-corrected chi connectivity index (χ3v) is 6.32. The van der Waals surface area contributed by atoms with Crippen molar-refractivity contribution in [3.63, 3.8) is 0 Å². The molecule has 1 saturated heterocycles. The third kappa shape index (κ3) is 5.32. The quantitative estimate of drug-likeness (QED) is 0.397. The van der Waals surface area contributed by atoms with Gasteiger partial charge in [0.2, 0.25) is 5.91 Å². The van der Waals surface area contributed by atoms with E-state index >= 15 is 0 Å². The molecule has 0 aliphatic carbocycles. The second kappa shape index (κ2) is 11.0. The number of ether oxygens (including phenoxy) is 2. The summed E-state index contributed by atoms with van der Waals surface area (Å²) in [5.74, 6) is 0.354. The highest BCUT2D eigenvalue weighted by Crippen LogP contribution is 2.31. The van der Waals surface area contributed by atoms with E-state index in [1.54, 1.807) is 18.0 Å². The van der Waals surface area contributed by atoms with Crippen LogP contribution in [0.4, 0.5) is 4.39 Å². The van der Waals surface area contributed by atoms with E-state index in [4.69, 9.17) is 26.8 Å². The molecule has 2 heterocycles. The molecule has 188 valence electrons. The first-order valence-corrected chi connectivity index (χ1v) is 11.8. The van der Waals surface area contributed by atoms with Crippen LogP contribution in [0.3, 0.4) is 0 Å². The Bertz CT molecular complexity index is 1360. The molecule has 1 fully saturated rings. The summed E-state index contributed by atoms with van der Waals surface area (Å²) >= 11 is 6.45. The maximum absolute atomic E-state index is 14.3. The van der Waals surface area contributed by atoms with Crippen molar-refractivity contribution in [3.05, 3.63) is 69.6 Å². The number of carbonyl (C=O) groups is 1. The molecular weight excluding hydrogens is 485 g/mol. The summed E-state index contributed by atoms with van der Waals surface area (Å²) in [5.41, 5.74) is 8.82. The number of halogens is 2. The lowest BCUT2D eigenvalue weighted by atomic mass is 10.0. The number of hydrogen-bond donors (Lipinski definition) is 1. The van der Waals surface area contributed by atoms with E-state index in [-0.39, 0.29) is 36.7 Å². The third-order valence-electron chi connectivity index (χ3n) is 5.98. The monoisotopic (exact) mass is 511 g/mol. The van der Waals surface area contributed by atoms with Gasteiger partial charge < -0.3 is 20.1 Å². The van der Waals surface area contributed by atoms with Crippen LogP contribution in [-0.4, -0.2) is 54.3 Å². The minimum absolute atomic E-state index is 0.000165. The Morgan fingerprint density at radius 3 is 2.92 bits per heavy atom. The van der Waals surface area contributed by atoms with Crippen LogP contribution in [0.15, 0.2) is 46.4 Å². The smallest absolute Gasteiger partial charge is 0.249 e. The first-order valence-electron chi connectivity index (χ1n) is 11.4. The molecule has 2 N–H and O–H groups in total. The molecule has 1 unspecified atom stereocenters. The predicted molar refractivity (Wildman–Crippen MR) is 138 cm³/mol. The van der Waals surface area contributed by atoms with Gasteiger partial charge in [0.05, 0.1) is 24.0 Å². The Balaban J connectivity index is 1.69. The Hall–Kier alpha value is -3.56. The molecule has 0 radical (unpaired) electrons. The number of pyridine rings is 1. The number of morpholine rings is 1. The molecule has 10 heteroatoms. The molecule has 0 saturated carbocycles. The number of benzene rings is 2. The van der Waals surface area contributed by atoms with Crippen molar-refractivity contribution < 1.29 is 18.7 Å². The van der Waals surface area contributed by atoms with Crippen LogP contribution < -0.4 is 10.5 Å². The van der Waals surface area contributed by atoms with Gasteiger partial charge in [-0.25, -0.2) is 14.4 Å². The lowest BCUT2D eigenvalue weighted by Crippen LogP contribution is -2.47. The zero-order valence-corrected chi connectivity index (χ0v) is 21.1. The van der Waals surface area contributed by atoms with Gasteiger partial charge in [0.25, 0.3) is 0 Å². The van der Waals surface area contributed by atoms with E-state index in [0.29, 0.717) is 34.8 Å². The molecule has 1 aliphatic heterocycles. The largest absolute Gasteiger partial charge is 0.487 e. The number of aromatic nitrogens is 1. The van der Waals surface area contributed by atoms with Gasteiger partial charge in [0.15, 0.2) is 5.84 Å².